The first-order valence-electron chi connectivity index (χ1n) is 6.15. The number of rotatable bonds is 6. The fraction of sp³-hybridized carbons (Fsp3) is 0.143. The number of carboxylic acids is 1. The number of benzene rings is 1. The molecule has 0 aliphatic heterocycles. The molecule has 0 amide bonds. The molecule has 0 aliphatic carbocycles. The number of hydrogen-bond donors (Lipinski definition) is 1. The molecule has 7 heteroatoms. The number of nitrogens with zero attached hydrogens (tertiary/aromatic N) is 1. The Morgan fingerprint density at radius 2 is 1.71 bits per heavy atom. The molecule has 6 nitrogen and oxygen atoms in total. The van der Waals surface area contributed by atoms with Gasteiger partial charge in [0.1, 0.15) is 0 Å². The third-order valence-electron chi connectivity index (χ3n) is 2.87. The van der Waals surface area contributed by atoms with Crippen LogP contribution in [0.3, 0.4) is 0 Å². The van der Waals surface area contributed by atoms with Gasteiger partial charge in [-0.1, -0.05) is 18.2 Å². The third kappa shape index (κ3) is 3.38. The summed E-state index contributed by atoms with van der Waals surface area (Å²) < 4.78 is 25.5. The number of aromatic nitrogens is 1. The van der Waals surface area contributed by atoms with Gasteiger partial charge < -0.3 is 5.11 Å². The molecule has 21 heavy (non-hydrogen) atoms. The van der Waals surface area contributed by atoms with Crippen LogP contribution in [-0.2, 0) is 14.8 Å². The smallest absolute Gasteiger partial charge is 0.303 e. The van der Waals surface area contributed by atoms with Gasteiger partial charge in [0.25, 0.3) is 10.0 Å². The molecule has 110 valence electrons. The zero-order valence-corrected chi connectivity index (χ0v) is 11.8. The van der Waals surface area contributed by atoms with E-state index in [1.807, 2.05) is 0 Å². The number of carbonyl (C=O) groups is 2. The van der Waals surface area contributed by atoms with Crippen molar-refractivity contribution >= 4 is 21.8 Å². The van der Waals surface area contributed by atoms with Gasteiger partial charge >= 0.3 is 5.97 Å². The summed E-state index contributed by atoms with van der Waals surface area (Å²) in [5.74, 6) is -1.47. The van der Waals surface area contributed by atoms with Crippen LogP contribution in [0.2, 0.25) is 0 Å². The summed E-state index contributed by atoms with van der Waals surface area (Å²) in [6, 6.07) is 9.20. The van der Waals surface area contributed by atoms with Crippen LogP contribution in [0.25, 0.3) is 0 Å². The van der Waals surface area contributed by atoms with Crippen LogP contribution in [-0.4, -0.2) is 29.2 Å². The van der Waals surface area contributed by atoms with E-state index in [-0.39, 0.29) is 23.3 Å². The molecule has 0 unspecified atom stereocenters. The first-order valence-corrected chi connectivity index (χ1v) is 7.59. The molecule has 0 saturated carbocycles. The fourth-order valence-corrected chi connectivity index (χ4v) is 2.99. The van der Waals surface area contributed by atoms with Gasteiger partial charge in [0.15, 0.2) is 5.78 Å². The van der Waals surface area contributed by atoms with Gasteiger partial charge in [-0.05, 0) is 18.2 Å². The first-order chi connectivity index (χ1) is 9.91. The average Bonchev–Trinajstić information content (AvgIpc) is 2.96. The summed E-state index contributed by atoms with van der Waals surface area (Å²) in [7, 11) is -3.73. The Kier molecular flexibility index (Phi) is 4.23. The maximum atomic E-state index is 12.3. The summed E-state index contributed by atoms with van der Waals surface area (Å²) >= 11 is 0. The minimum atomic E-state index is -3.73. The molecule has 1 aromatic carbocycles. The molecule has 2 rings (SSSR count). The molecular formula is C14H13NO5S. The summed E-state index contributed by atoms with van der Waals surface area (Å²) in [5.41, 5.74) is 0.177. The Labute approximate surface area is 121 Å². The lowest BCUT2D eigenvalue weighted by Crippen LogP contribution is -2.11. The highest BCUT2D eigenvalue weighted by molar-refractivity contribution is 7.90. The van der Waals surface area contributed by atoms with E-state index in [9.17, 15) is 18.0 Å². The first kappa shape index (κ1) is 15.0. The van der Waals surface area contributed by atoms with Crippen LogP contribution in [0.1, 0.15) is 23.2 Å². The number of aliphatic carboxylic acids is 1. The molecule has 0 radical (unpaired) electrons. The summed E-state index contributed by atoms with van der Waals surface area (Å²) in [4.78, 5) is 22.3. The van der Waals surface area contributed by atoms with E-state index in [1.54, 1.807) is 18.2 Å². The maximum absolute atomic E-state index is 12.3. The van der Waals surface area contributed by atoms with Gasteiger partial charge in [0.2, 0.25) is 0 Å². The molecule has 0 atom stereocenters. The predicted molar refractivity (Wildman–Crippen MR) is 74.7 cm³/mol. The minimum Gasteiger partial charge on any atom is -0.481 e. The lowest BCUT2D eigenvalue weighted by molar-refractivity contribution is -0.136. The van der Waals surface area contributed by atoms with Crippen molar-refractivity contribution in [3.8, 4) is 0 Å². The van der Waals surface area contributed by atoms with Gasteiger partial charge in [0, 0.05) is 24.4 Å². The summed E-state index contributed by atoms with van der Waals surface area (Å²) in [6.45, 7) is 0. The molecule has 0 bridgehead atoms. The van der Waals surface area contributed by atoms with Crippen molar-refractivity contribution in [1.82, 2.24) is 3.97 Å². The average molecular weight is 307 g/mol. The minimum absolute atomic E-state index is 0.116. The molecule has 0 saturated heterocycles. The van der Waals surface area contributed by atoms with Crippen LogP contribution in [0.4, 0.5) is 0 Å². The van der Waals surface area contributed by atoms with Crippen molar-refractivity contribution in [1.29, 1.82) is 0 Å². The van der Waals surface area contributed by atoms with Crippen LogP contribution >= 0.6 is 0 Å². The van der Waals surface area contributed by atoms with Crippen molar-refractivity contribution in [3.05, 3.63) is 54.4 Å². The summed E-state index contributed by atoms with van der Waals surface area (Å²) in [6.07, 6.45) is 2.03. The Hall–Kier alpha value is -2.41. The summed E-state index contributed by atoms with van der Waals surface area (Å²) in [5, 5.41) is 8.54. The van der Waals surface area contributed by atoms with E-state index in [2.05, 4.69) is 0 Å². The van der Waals surface area contributed by atoms with E-state index in [0.29, 0.717) is 0 Å². The molecular weight excluding hydrogens is 294 g/mol. The molecule has 1 heterocycles. The SMILES string of the molecule is O=C(O)CCC(=O)c1ccn(S(=O)(=O)c2ccccc2)c1. The van der Waals surface area contributed by atoms with E-state index < -0.39 is 21.8 Å². The van der Waals surface area contributed by atoms with E-state index in [1.165, 1.54) is 30.6 Å². The molecule has 0 aliphatic rings. The van der Waals surface area contributed by atoms with Gasteiger partial charge in [-0.2, -0.15) is 0 Å². The molecule has 2 aromatic rings. The number of ketones is 1. The standard InChI is InChI=1S/C14H13NO5S/c16-13(6-7-14(17)18)11-8-9-15(10-11)21(19,20)12-4-2-1-3-5-12/h1-5,8-10H,6-7H2,(H,17,18). The van der Waals surface area contributed by atoms with Crippen LogP contribution in [0.15, 0.2) is 53.7 Å². The van der Waals surface area contributed by atoms with E-state index in [4.69, 9.17) is 5.11 Å². The zero-order valence-electron chi connectivity index (χ0n) is 11.0. The van der Waals surface area contributed by atoms with Crippen LogP contribution in [0.5, 0.6) is 0 Å². The van der Waals surface area contributed by atoms with Gasteiger partial charge in [-0.3, -0.25) is 9.59 Å². The number of carbonyl (C=O) groups excluding carboxylic acids is 1. The van der Waals surface area contributed by atoms with Crippen molar-refractivity contribution in [2.75, 3.05) is 0 Å². The topological polar surface area (TPSA) is 93.4 Å². The predicted octanol–water partition coefficient (Wildman–Crippen LogP) is 1.77. The molecule has 1 aromatic heterocycles. The van der Waals surface area contributed by atoms with E-state index >= 15 is 0 Å². The van der Waals surface area contributed by atoms with Crippen molar-refractivity contribution < 1.29 is 23.1 Å². The highest BCUT2D eigenvalue weighted by atomic mass is 32.2. The molecule has 0 spiro atoms. The van der Waals surface area contributed by atoms with Gasteiger partial charge in [-0.15, -0.1) is 0 Å². The second-order valence-corrected chi connectivity index (χ2v) is 6.21. The second-order valence-electron chi connectivity index (χ2n) is 4.37. The quantitative estimate of drug-likeness (QED) is 0.821. The largest absolute Gasteiger partial charge is 0.481 e. The van der Waals surface area contributed by atoms with Crippen molar-refractivity contribution in [3.63, 3.8) is 0 Å². The monoisotopic (exact) mass is 307 g/mol. The number of hydrogen-bond acceptors (Lipinski definition) is 4. The van der Waals surface area contributed by atoms with Crippen LogP contribution < -0.4 is 0 Å². The van der Waals surface area contributed by atoms with Gasteiger partial charge in [-0.25, -0.2) is 12.4 Å². The number of Topliss-reactive ketones (excluding diaryl/α,β-unsaturated/α-hetero) is 1. The Morgan fingerprint density at radius 3 is 2.33 bits per heavy atom. The Balaban J connectivity index is 2.24. The lowest BCUT2D eigenvalue weighted by atomic mass is 10.1. The van der Waals surface area contributed by atoms with Gasteiger partial charge in [0.05, 0.1) is 11.3 Å². The fourth-order valence-electron chi connectivity index (χ4n) is 1.77. The molecule has 1 N–H and O–H groups in total. The Bertz CT molecular complexity index is 762. The van der Waals surface area contributed by atoms with E-state index in [0.717, 1.165) is 3.97 Å². The van der Waals surface area contributed by atoms with Crippen LogP contribution in [0, 0.1) is 0 Å². The Morgan fingerprint density at radius 1 is 1.05 bits per heavy atom. The van der Waals surface area contributed by atoms with Crippen molar-refractivity contribution in [2.24, 2.45) is 0 Å². The third-order valence-corrected chi connectivity index (χ3v) is 4.52. The normalized spacial score (nSPS) is 11.2. The highest BCUT2D eigenvalue weighted by Crippen LogP contribution is 2.15. The second kappa shape index (κ2) is 5.92. The maximum Gasteiger partial charge on any atom is 0.303 e. The number of carboxylic acid groups (broad SMARTS) is 1. The zero-order chi connectivity index (χ0) is 15.5. The molecule has 0 fully saturated rings. The highest BCUT2D eigenvalue weighted by Gasteiger charge is 2.18. The van der Waals surface area contributed by atoms with Crippen molar-refractivity contribution in [2.45, 2.75) is 17.7 Å². The lowest BCUT2D eigenvalue weighted by Gasteiger charge is -2.04.